The summed E-state index contributed by atoms with van der Waals surface area (Å²) >= 11 is 0. The molecule has 34 heavy (non-hydrogen) atoms. The zero-order chi connectivity index (χ0) is 25.5. The van der Waals surface area contributed by atoms with Crippen molar-refractivity contribution in [3.63, 3.8) is 0 Å². The molecule has 0 bridgehead atoms. The van der Waals surface area contributed by atoms with E-state index in [4.69, 9.17) is 4.74 Å². The Morgan fingerprint density at radius 3 is 2.15 bits per heavy atom. The van der Waals surface area contributed by atoms with Gasteiger partial charge < -0.3 is 4.74 Å². The van der Waals surface area contributed by atoms with Crippen molar-refractivity contribution in [1.29, 1.82) is 0 Å². The molecule has 0 unspecified atom stereocenters. The molecule has 1 saturated heterocycles. The molecule has 1 heterocycles. The van der Waals surface area contributed by atoms with E-state index in [9.17, 15) is 13.2 Å². The fourth-order valence-corrected chi connectivity index (χ4v) is 8.69. The van der Waals surface area contributed by atoms with E-state index in [1.54, 1.807) is 24.3 Å². The lowest BCUT2D eigenvalue weighted by Gasteiger charge is -2.41. The average molecular weight is 500 g/mol. The Hall–Kier alpha value is -2.22. The summed E-state index contributed by atoms with van der Waals surface area (Å²) in [6, 6.07) is 16.1. The molecule has 0 amide bonds. The highest BCUT2D eigenvalue weighted by atomic mass is 32.2. The number of esters is 1. The summed E-state index contributed by atoms with van der Waals surface area (Å²) in [6.07, 6.45) is 0. The molecular formula is C27H37NO4SSi. The van der Waals surface area contributed by atoms with Crippen LogP contribution in [-0.4, -0.2) is 38.9 Å². The van der Waals surface area contributed by atoms with Gasteiger partial charge in [-0.15, -0.1) is 0 Å². The molecule has 184 valence electrons. The number of aryl methyl sites for hydroxylation is 1. The fourth-order valence-electron chi connectivity index (χ4n) is 4.77. The zero-order valence-electron chi connectivity index (χ0n) is 21.4. The maximum absolute atomic E-state index is 14.0. The molecule has 0 saturated carbocycles. The summed E-state index contributed by atoms with van der Waals surface area (Å²) in [4.78, 5) is 14.2. The molecule has 0 aliphatic carbocycles. The number of ether oxygens (including phenoxy) is 1. The maximum atomic E-state index is 14.0. The average Bonchev–Trinajstić information content (AvgIpc) is 3.00. The van der Waals surface area contributed by atoms with E-state index in [0.29, 0.717) is 11.6 Å². The monoisotopic (exact) mass is 499 g/mol. The standard InChI is InChI=1S/C27H37NO4SSi/c1-20-14-16-23(17-15-20)33(30,31)28-18-21(2)27(19-34(6,7)8,25(29)32-26(3,4)5)24(28)22-12-10-9-11-13-22/h9-17,24H,2,18-19H2,1,3-8H3/t24-,27+/m0/s1. The van der Waals surface area contributed by atoms with Gasteiger partial charge in [0.15, 0.2) is 0 Å². The lowest BCUT2D eigenvalue weighted by molar-refractivity contribution is -0.165. The van der Waals surface area contributed by atoms with Gasteiger partial charge in [0.1, 0.15) is 11.0 Å². The molecule has 2 aromatic rings. The summed E-state index contributed by atoms with van der Waals surface area (Å²) in [5.74, 6) is -0.400. The van der Waals surface area contributed by atoms with Gasteiger partial charge in [-0.3, -0.25) is 4.79 Å². The van der Waals surface area contributed by atoms with Gasteiger partial charge in [0.25, 0.3) is 0 Å². The number of benzene rings is 2. The topological polar surface area (TPSA) is 63.7 Å². The Bertz CT molecular complexity index is 1160. The largest absolute Gasteiger partial charge is 0.459 e. The molecule has 2 aromatic carbocycles. The van der Waals surface area contributed by atoms with Crippen LogP contribution in [0.5, 0.6) is 0 Å². The lowest BCUT2D eigenvalue weighted by atomic mass is 9.76. The molecule has 1 aliphatic rings. The van der Waals surface area contributed by atoms with Crippen molar-refractivity contribution >= 4 is 24.1 Å². The Morgan fingerprint density at radius 1 is 1.09 bits per heavy atom. The third kappa shape index (κ3) is 5.21. The highest BCUT2D eigenvalue weighted by Gasteiger charge is 2.61. The predicted molar refractivity (Wildman–Crippen MR) is 140 cm³/mol. The van der Waals surface area contributed by atoms with Gasteiger partial charge in [-0.2, -0.15) is 4.31 Å². The van der Waals surface area contributed by atoms with Crippen molar-refractivity contribution in [3.05, 3.63) is 77.9 Å². The van der Waals surface area contributed by atoms with Crippen molar-refractivity contribution in [1.82, 2.24) is 4.31 Å². The van der Waals surface area contributed by atoms with Crippen molar-refractivity contribution in [2.45, 2.75) is 69.9 Å². The zero-order valence-corrected chi connectivity index (χ0v) is 23.2. The van der Waals surface area contributed by atoms with Crippen LogP contribution in [0, 0.1) is 12.3 Å². The third-order valence-corrected chi connectivity index (χ3v) is 9.49. The highest BCUT2D eigenvalue weighted by molar-refractivity contribution is 7.89. The molecule has 3 rings (SSSR count). The number of hydrogen-bond acceptors (Lipinski definition) is 4. The van der Waals surface area contributed by atoms with Crippen LogP contribution in [0.2, 0.25) is 25.7 Å². The molecule has 7 heteroatoms. The van der Waals surface area contributed by atoms with Crippen molar-refractivity contribution < 1.29 is 17.9 Å². The molecule has 5 nitrogen and oxygen atoms in total. The molecule has 1 fully saturated rings. The van der Waals surface area contributed by atoms with Gasteiger partial charge in [0.05, 0.1) is 10.9 Å². The van der Waals surface area contributed by atoms with Crippen molar-refractivity contribution in [3.8, 4) is 0 Å². The molecule has 0 N–H and O–H groups in total. The number of sulfonamides is 1. The second-order valence-corrected chi connectivity index (χ2v) is 18.9. The number of carbonyl (C=O) groups excluding carboxylic acids is 1. The third-order valence-electron chi connectivity index (χ3n) is 6.05. The van der Waals surface area contributed by atoms with E-state index >= 15 is 0 Å². The summed E-state index contributed by atoms with van der Waals surface area (Å²) in [7, 11) is -5.82. The van der Waals surface area contributed by atoms with Crippen LogP contribution in [0.4, 0.5) is 0 Å². The second-order valence-electron chi connectivity index (χ2n) is 11.5. The molecular weight excluding hydrogens is 462 g/mol. The number of rotatable bonds is 6. The Kier molecular flexibility index (Phi) is 7.06. The first-order chi connectivity index (χ1) is 15.6. The van der Waals surface area contributed by atoms with Crippen LogP contribution >= 0.6 is 0 Å². The Morgan fingerprint density at radius 2 is 1.65 bits per heavy atom. The van der Waals surface area contributed by atoms with Crippen LogP contribution in [-0.2, 0) is 19.6 Å². The number of hydrogen-bond donors (Lipinski definition) is 0. The first-order valence-electron chi connectivity index (χ1n) is 11.6. The normalized spacial score (nSPS) is 22.1. The predicted octanol–water partition coefficient (Wildman–Crippen LogP) is 5.96. The van der Waals surface area contributed by atoms with Gasteiger partial charge in [-0.25, -0.2) is 8.42 Å². The van der Waals surface area contributed by atoms with Crippen molar-refractivity contribution in [2.24, 2.45) is 5.41 Å². The van der Waals surface area contributed by atoms with Crippen LogP contribution in [0.15, 0.2) is 71.6 Å². The minimum atomic E-state index is -3.91. The first kappa shape index (κ1) is 26.4. The molecule has 2 atom stereocenters. The van der Waals surface area contributed by atoms with Crippen LogP contribution in [0.25, 0.3) is 0 Å². The summed E-state index contributed by atoms with van der Waals surface area (Å²) in [5.41, 5.74) is 0.450. The molecule has 0 aromatic heterocycles. The van der Waals surface area contributed by atoms with E-state index in [2.05, 4.69) is 26.2 Å². The second kappa shape index (κ2) is 9.09. The quantitative estimate of drug-likeness (QED) is 0.279. The molecule has 0 spiro atoms. The van der Waals surface area contributed by atoms with Gasteiger partial charge in [-0.05, 0) is 57.0 Å². The minimum absolute atomic E-state index is 0.0689. The Labute approximate surface area is 205 Å². The van der Waals surface area contributed by atoms with Crippen LogP contribution in [0.3, 0.4) is 0 Å². The molecule has 1 aliphatic heterocycles. The lowest BCUT2D eigenvalue weighted by Crippen LogP contribution is -2.47. The molecule has 0 radical (unpaired) electrons. The van der Waals surface area contributed by atoms with E-state index in [0.717, 1.165) is 11.1 Å². The van der Waals surface area contributed by atoms with Crippen LogP contribution in [0.1, 0.15) is 37.9 Å². The summed E-state index contributed by atoms with van der Waals surface area (Å²) < 4.78 is 35.4. The highest BCUT2D eigenvalue weighted by Crippen LogP contribution is 2.57. The summed E-state index contributed by atoms with van der Waals surface area (Å²) in [6.45, 7) is 18.4. The SMILES string of the molecule is C=C1CN(S(=O)(=O)c2ccc(C)cc2)[C@@H](c2ccccc2)[C@]1(C[Si](C)(C)C)C(=O)OC(C)(C)C. The van der Waals surface area contributed by atoms with Crippen molar-refractivity contribution in [2.75, 3.05) is 6.54 Å². The van der Waals surface area contributed by atoms with E-state index < -0.39 is 41.1 Å². The van der Waals surface area contributed by atoms with Gasteiger partial charge in [0.2, 0.25) is 10.0 Å². The fraction of sp³-hybridized carbons (Fsp3) is 0.444. The van der Waals surface area contributed by atoms with E-state index in [1.165, 1.54) is 4.31 Å². The Balaban J connectivity index is 2.28. The van der Waals surface area contributed by atoms with E-state index in [-0.39, 0.29) is 11.4 Å². The van der Waals surface area contributed by atoms with Gasteiger partial charge >= 0.3 is 5.97 Å². The first-order valence-corrected chi connectivity index (χ1v) is 16.8. The minimum Gasteiger partial charge on any atom is -0.459 e. The maximum Gasteiger partial charge on any atom is 0.318 e. The number of nitrogens with zero attached hydrogens (tertiary/aromatic N) is 1. The van der Waals surface area contributed by atoms with Gasteiger partial charge in [0, 0.05) is 14.6 Å². The smallest absolute Gasteiger partial charge is 0.318 e. The van der Waals surface area contributed by atoms with E-state index in [1.807, 2.05) is 58.0 Å². The summed E-state index contributed by atoms with van der Waals surface area (Å²) in [5, 5.41) is 0. The van der Waals surface area contributed by atoms with Gasteiger partial charge in [-0.1, -0.05) is 74.2 Å². The number of carbonyl (C=O) groups is 1. The van der Waals surface area contributed by atoms with Crippen LogP contribution < -0.4 is 0 Å².